The van der Waals surface area contributed by atoms with Crippen LogP contribution in [0.5, 0.6) is 0 Å². The molecule has 0 atom stereocenters. The highest BCUT2D eigenvalue weighted by Gasteiger charge is 2.20. The molecule has 7 heteroatoms. The van der Waals surface area contributed by atoms with Crippen molar-refractivity contribution in [2.45, 2.75) is 0 Å². The van der Waals surface area contributed by atoms with E-state index in [1.807, 2.05) is 41.3 Å². The van der Waals surface area contributed by atoms with Crippen LogP contribution in [0.1, 0.15) is 0 Å². The molecule has 0 aliphatic carbocycles. The van der Waals surface area contributed by atoms with Crippen molar-refractivity contribution in [2.24, 2.45) is 0 Å². The topological polar surface area (TPSA) is 75.4 Å². The SMILES string of the molecule is O=C1CN(c2cc(-c3ccccc3)nc3ncnn23)CCN1. The van der Waals surface area contributed by atoms with E-state index < -0.39 is 0 Å². The molecular weight excluding hydrogens is 280 g/mol. The van der Waals surface area contributed by atoms with Crippen LogP contribution in [0.15, 0.2) is 42.7 Å². The van der Waals surface area contributed by atoms with E-state index in [2.05, 4.69) is 20.4 Å². The number of rotatable bonds is 2. The molecule has 1 aromatic carbocycles. The van der Waals surface area contributed by atoms with Gasteiger partial charge in [0.2, 0.25) is 5.91 Å². The maximum Gasteiger partial charge on any atom is 0.254 e. The largest absolute Gasteiger partial charge is 0.353 e. The maximum absolute atomic E-state index is 11.7. The average molecular weight is 294 g/mol. The van der Waals surface area contributed by atoms with Crippen molar-refractivity contribution in [3.05, 3.63) is 42.7 Å². The minimum absolute atomic E-state index is 0.0117. The lowest BCUT2D eigenvalue weighted by Gasteiger charge is -2.28. The van der Waals surface area contributed by atoms with E-state index in [0.29, 0.717) is 18.9 Å². The second-order valence-corrected chi connectivity index (χ2v) is 5.11. The first-order valence-electron chi connectivity index (χ1n) is 7.09. The molecule has 3 aromatic rings. The molecule has 110 valence electrons. The van der Waals surface area contributed by atoms with Gasteiger partial charge in [-0.1, -0.05) is 30.3 Å². The van der Waals surface area contributed by atoms with E-state index >= 15 is 0 Å². The third-order valence-corrected chi connectivity index (χ3v) is 3.66. The Morgan fingerprint density at radius 3 is 2.86 bits per heavy atom. The number of amides is 1. The van der Waals surface area contributed by atoms with Crippen LogP contribution in [0.25, 0.3) is 17.0 Å². The van der Waals surface area contributed by atoms with Crippen molar-refractivity contribution in [1.29, 1.82) is 0 Å². The minimum Gasteiger partial charge on any atom is -0.353 e. The third-order valence-electron chi connectivity index (χ3n) is 3.66. The fourth-order valence-electron chi connectivity index (χ4n) is 2.61. The molecule has 1 aliphatic rings. The van der Waals surface area contributed by atoms with Crippen LogP contribution in [-0.4, -0.2) is 45.1 Å². The molecule has 1 N–H and O–H groups in total. The summed E-state index contributed by atoms with van der Waals surface area (Å²) in [5.74, 6) is 1.37. The Kier molecular flexibility index (Phi) is 2.96. The summed E-state index contributed by atoms with van der Waals surface area (Å²) in [4.78, 5) is 22.4. The Hall–Kier alpha value is -2.96. The van der Waals surface area contributed by atoms with Gasteiger partial charge >= 0.3 is 0 Å². The molecule has 7 nitrogen and oxygen atoms in total. The first-order valence-corrected chi connectivity index (χ1v) is 7.09. The highest BCUT2D eigenvalue weighted by molar-refractivity contribution is 5.82. The first-order chi connectivity index (χ1) is 10.8. The quantitative estimate of drug-likeness (QED) is 0.754. The zero-order chi connectivity index (χ0) is 14.9. The van der Waals surface area contributed by atoms with Gasteiger partial charge in [-0.3, -0.25) is 4.79 Å². The number of carbonyl (C=O) groups excluding carboxylic acids is 1. The summed E-state index contributed by atoms with van der Waals surface area (Å²) >= 11 is 0. The first kappa shape index (κ1) is 12.8. The van der Waals surface area contributed by atoms with Gasteiger partial charge < -0.3 is 10.2 Å². The van der Waals surface area contributed by atoms with Gasteiger partial charge in [0.15, 0.2) is 0 Å². The van der Waals surface area contributed by atoms with Gasteiger partial charge in [-0.2, -0.15) is 14.6 Å². The van der Waals surface area contributed by atoms with Crippen LogP contribution in [0, 0.1) is 0 Å². The fraction of sp³-hybridized carbons (Fsp3) is 0.200. The number of benzene rings is 1. The number of nitrogens with zero attached hydrogens (tertiary/aromatic N) is 5. The van der Waals surface area contributed by atoms with Gasteiger partial charge in [-0.25, -0.2) is 4.98 Å². The number of anilines is 1. The highest BCUT2D eigenvalue weighted by Crippen LogP contribution is 2.23. The lowest BCUT2D eigenvalue weighted by Crippen LogP contribution is -2.48. The molecule has 1 fully saturated rings. The van der Waals surface area contributed by atoms with Gasteiger partial charge in [-0.15, -0.1) is 0 Å². The third kappa shape index (κ3) is 2.16. The Morgan fingerprint density at radius 1 is 1.18 bits per heavy atom. The molecule has 1 amide bonds. The van der Waals surface area contributed by atoms with Crippen LogP contribution in [0.3, 0.4) is 0 Å². The van der Waals surface area contributed by atoms with Gasteiger partial charge in [-0.05, 0) is 0 Å². The summed E-state index contributed by atoms with van der Waals surface area (Å²) < 4.78 is 1.67. The lowest BCUT2D eigenvalue weighted by atomic mass is 10.1. The molecular formula is C15H14N6O. The van der Waals surface area contributed by atoms with Gasteiger partial charge in [0.1, 0.15) is 12.1 Å². The summed E-state index contributed by atoms with van der Waals surface area (Å²) in [6.07, 6.45) is 1.48. The summed E-state index contributed by atoms with van der Waals surface area (Å²) in [5.41, 5.74) is 1.83. The summed E-state index contributed by atoms with van der Waals surface area (Å²) in [5, 5.41) is 7.05. The van der Waals surface area contributed by atoms with Crippen LogP contribution in [0.2, 0.25) is 0 Å². The maximum atomic E-state index is 11.7. The molecule has 1 aliphatic heterocycles. The predicted octanol–water partition coefficient (Wildman–Crippen LogP) is 0.727. The number of carbonyl (C=O) groups is 1. The van der Waals surface area contributed by atoms with Crippen molar-refractivity contribution >= 4 is 17.5 Å². The van der Waals surface area contributed by atoms with Crippen molar-refractivity contribution < 1.29 is 4.79 Å². The lowest BCUT2D eigenvalue weighted by molar-refractivity contribution is -0.120. The van der Waals surface area contributed by atoms with Gasteiger partial charge in [0.05, 0.1) is 12.2 Å². The van der Waals surface area contributed by atoms with Crippen molar-refractivity contribution in [2.75, 3.05) is 24.5 Å². The summed E-state index contributed by atoms with van der Waals surface area (Å²) in [7, 11) is 0. The van der Waals surface area contributed by atoms with E-state index in [0.717, 1.165) is 23.6 Å². The van der Waals surface area contributed by atoms with E-state index in [-0.39, 0.29) is 5.91 Å². The molecule has 0 spiro atoms. The molecule has 0 unspecified atom stereocenters. The normalized spacial score (nSPS) is 15.1. The van der Waals surface area contributed by atoms with Gasteiger partial charge in [0, 0.05) is 24.7 Å². The van der Waals surface area contributed by atoms with Gasteiger partial charge in [0.25, 0.3) is 5.78 Å². The zero-order valence-electron chi connectivity index (χ0n) is 11.8. The van der Waals surface area contributed by atoms with E-state index in [1.54, 1.807) is 4.52 Å². The Balaban J connectivity index is 1.86. The van der Waals surface area contributed by atoms with E-state index in [1.165, 1.54) is 6.33 Å². The standard InChI is InChI=1S/C15H14N6O/c22-13-9-20(7-6-16-13)14-8-12(11-4-2-1-3-5-11)19-15-17-10-18-21(14)15/h1-5,8,10H,6-7,9H2,(H,16,22). The van der Waals surface area contributed by atoms with E-state index in [9.17, 15) is 4.79 Å². The second kappa shape index (κ2) is 5.10. The average Bonchev–Trinajstić information content (AvgIpc) is 3.03. The molecule has 3 heterocycles. The van der Waals surface area contributed by atoms with Crippen LogP contribution >= 0.6 is 0 Å². The molecule has 0 saturated carbocycles. The highest BCUT2D eigenvalue weighted by atomic mass is 16.2. The second-order valence-electron chi connectivity index (χ2n) is 5.11. The molecule has 22 heavy (non-hydrogen) atoms. The number of fused-ring (bicyclic) bond motifs is 1. The fourth-order valence-corrected chi connectivity index (χ4v) is 2.61. The molecule has 2 aromatic heterocycles. The van der Waals surface area contributed by atoms with Crippen LogP contribution < -0.4 is 10.2 Å². The Bertz CT molecular complexity index is 828. The summed E-state index contributed by atoms with van der Waals surface area (Å²) in [6.45, 7) is 1.67. The number of nitrogens with one attached hydrogen (secondary N) is 1. The summed E-state index contributed by atoms with van der Waals surface area (Å²) in [6, 6.07) is 11.9. The molecule has 1 saturated heterocycles. The van der Waals surface area contributed by atoms with Crippen molar-refractivity contribution in [3.63, 3.8) is 0 Å². The Labute approximate surface area is 126 Å². The number of piperazine rings is 1. The zero-order valence-corrected chi connectivity index (χ0v) is 11.8. The number of hydrogen-bond acceptors (Lipinski definition) is 5. The van der Waals surface area contributed by atoms with Crippen LogP contribution in [-0.2, 0) is 4.79 Å². The van der Waals surface area contributed by atoms with Crippen molar-refractivity contribution in [1.82, 2.24) is 24.9 Å². The molecule has 0 radical (unpaired) electrons. The smallest absolute Gasteiger partial charge is 0.254 e. The van der Waals surface area contributed by atoms with Crippen LogP contribution in [0.4, 0.5) is 5.82 Å². The Morgan fingerprint density at radius 2 is 2.05 bits per heavy atom. The predicted molar refractivity (Wildman–Crippen MR) is 81.4 cm³/mol. The molecule has 0 bridgehead atoms. The minimum atomic E-state index is 0.0117. The number of hydrogen-bond donors (Lipinski definition) is 1. The molecule has 4 rings (SSSR count). The van der Waals surface area contributed by atoms with Crippen molar-refractivity contribution in [3.8, 4) is 11.3 Å². The van der Waals surface area contributed by atoms with E-state index in [4.69, 9.17) is 0 Å². The monoisotopic (exact) mass is 294 g/mol. The number of aromatic nitrogens is 4.